The Balaban J connectivity index is 1.31. The maximum Gasteiger partial charge on any atom is 0.0736 e. The van der Waals surface area contributed by atoms with E-state index in [9.17, 15) is 0 Å². The van der Waals surface area contributed by atoms with Gasteiger partial charge in [-0.3, -0.25) is 0 Å². The number of aromatic nitrogens is 3. The van der Waals surface area contributed by atoms with Gasteiger partial charge in [-0.05, 0) is 64.0 Å². The summed E-state index contributed by atoms with van der Waals surface area (Å²) in [6, 6.07) is 67.8. The Morgan fingerprint density at radius 3 is 1.50 bits per heavy atom. The Kier molecular flexibility index (Phi) is 6.25. The van der Waals surface area contributed by atoms with E-state index in [1.54, 1.807) is 0 Å². The van der Waals surface area contributed by atoms with Crippen LogP contribution in [0.3, 0.4) is 0 Å². The molecule has 3 nitrogen and oxygen atoms in total. The van der Waals surface area contributed by atoms with Crippen molar-refractivity contribution in [3.63, 3.8) is 0 Å². The van der Waals surface area contributed by atoms with Crippen LogP contribution in [-0.2, 0) is 0 Å². The molecule has 0 fully saturated rings. The molecule has 0 aliphatic rings. The van der Waals surface area contributed by atoms with Crippen LogP contribution < -0.4 is 0 Å². The van der Waals surface area contributed by atoms with E-state index < -0.39 is 0 Å². The van der Waals surface area contributed by atoms with E-state index in [-0.39, 0.29) is 0 Å². The molecule has 0 bridgehead atoms. The van der Waals surface area contributed by atoms with Gasteiger partial charge in [0.15, 0.2) is 0 Å². The van der Waals surface area contributed by atoms with Gasteiger partial charge in [-0.1, -0.05) is 146 Å². The van der Waals surface area contributed by atoms with Crippen LogP contribution >= 0.6 is 0 Å². The normalized spacial score (nSPS) is 11.8. The molecule has 0 aliphatic carbocycles. The zero-order chi connectivity index (χ0) is 34.2. The lowest BCUT2D eigenvalue weighted by Gasteiger charge is -2.16. The van der Waals surface area contributed by atoms with Gasteiger partial charge in [0.1, 0.15) is 0 Å². The molecule has 52 heavy (non-hydrogen) atoms. The summed E-state index contributed by atoms with van der Waals surface area (Å²) < 4.78 is 4.89. The number of hydrogen-bond donors (Lipinski definition) is 0. The third kappa shape index (κ3) is 4.23. The second kappa shape index (κ2) is 11.3. The van der Waals surface area contributed by atoms with Crippen LogP contribution in [0.1, 0.15) is 0 Å². The highest BCUT2D eigenvalue weighted by Gasteiger charge is 2.22. The third-order valence-corrected chi connectivity index (χ3v) is 10.7. The van der Waals surface area contributed by atoms with Crippen LogP contribution in [0, 0.1) is 0 Å². The predicted molar refractivity (Wildman–Crippen MR) is 219 cm³/mol. The number of para-hydroxylation sites is 3. The fourth-order valence-electron chi connectivity index (χ4n) is 8.45. The van der Waals surface area contributed by atoms with Crippen molar-refractivity contribution in [2.75, 3.05) is 0 Å². The molecule has 11 aromatic rings. The maximum absolute atomic E-state index is 5.48. The largest absolute Gasteiger partial charge is 0.309 e. The minimum absolute atomic E-state index is 0.946. The number of nitrogens with zero attached hydrogens (tertiary/aromatic N) is 3. The second-order valence-corrected chi connectivity index (χ2v) is 13.5. The Morgan fingerprint density at radius 1 is 0.327 bits per heavy atom. The average molecular weight is 662 g/mol. The molecule has 0 radical (unpaired) electrons. The maximum atomic E-state index is 5.48. The van der Waals surface area contributed by atoms with E-state index >= 15 is 0 Å². The molecule has 11 rings (SSSR count). The van der Waals surface area contributed by atoms with Crippen LogP contribution in [0.2, 0.25) is 0 Å². The van der Waals surface area contributed by atoms with E-state index in [2.05, 4.69) is 197 Å². The van der Waals surface area contributed by atoms with Crippen molar-refractivity contribution in [3.8, 4) is 33.9 Å². The zero-order valence-corrected chi connectivity index (χ0v) is 28.2. The summed E-state index contributed by atoms with van der Waals surface area (Å²) in [5, 5.41) is 9.71. The molecular formula is C49H31N3. The van der Waals surface area contributed by atoms with Crippen LogP contribution in [0.15, 0.2) is 188 Å². The first-order valence-corrected chi connectivity index (χ1v) is 17.8. The molecule has 0 saturated carbocycles. The summed E-state index contributed by atoms with van der Waals surface area (Å²) in [6.07, 6.45) is 0. The highest BCUT2D eigenvalue weighted by molar-refractivity contribution is 6.26. The predicted octanol–water partition coefficient (Wildman–Crippen LogP) is 12.9. The first-order chi connectivity index (χ1) is 25.8. The van der Waals surface area contributed by atoms with Gasteiger partial charge in [0, 0.05) is 38.4 Å². The molecule has 0 N–H and O–H groups in total. The van der Waals surface area contributed by atoms with E-state index in [0.717, 1.165) is 33.9 Å². The van der Waals surface area contributed by atoms with E-state index in [1.165, 1.54) is 65.2 Å². The lowest BCUT2D eigenvalue weighted by atomic mass is 9.98. The molecule has 0 amide bonds. The van der Waals surface area contributed by atoms with Crippen molar-refractivity contribution in [1.29, 1.82) is 0 Å². The van der Waals surface area contributed by atoms with Crippen molar-refractivity contribution >= 4 is 65.2 Å². The van der Waals surface area contributed by atoms with Gasteiger partial charge in [-0.15, -0.1) is 0 Å². The number of rotatable bonds is 4. The molecule has 0 saturated heterocycles. The molecule has 0 spiro atoms. The van der Waals surface area contributed by atoms with E-state index in [0.29, 0.717) is 0 Å². The summed E-state index contributed by atoms with van der Waals surface area (Å²) in [5.41, 5.74) is 11.1. The molecule has 0 unspecified atom stereocenters. The number of fused-ring (bicyclic) bond motifs is 9. The third-order valence-electron chi connectivity index (χ3n) is 10.7. The Hall–Kier alpha value is -6.97. The lowest BCUT2D eigenvalue weighted by Crippen LogP contribution is -1.99. The van der Waals surface area contributed by atoms with Crippen LogP contribution in [-0.4, -0.2) is 14.1 Å². The van der Waals surface area contributed by atoms with E-state index in [4.69, 9.17) is 4.98 Å². The Morgan fingerprint density at radius 2 is 0.846 bits per heavy atom. The van der Waals surface area contributed by atoms with Crippen molar-refractivity contribution in [1.82, 2.24) is 14.1 Å². The average Bonchev–Trinajstić information content (AvgIpc) is 3.73. The fourth-order valence-corrected chi connectivity index (χ4v) is 8.45. The van der Waals surface area contributed by atoms with Gasteiger partial charge in [0.05, 0.1) is 39.1 Å². The minimum atomic E-state index is 0.946. The topological polar surface area (TPSA) is 22.8 Å². The van der Waals surface area contributed by atoms with Gasteiger partial charge < -0.3 is 9.13 Å². The van der Waals surface area contributed by atoms with Crippen LogP contribution in [0.5, 0.6) is 0 Å². The molecule has 0 aliphatic heterocycles. The van der Waals surface area contributed by atoms with Crippen molar-refractivity contribution < 1.29 is 0 Å². The summed E-state index contributed by atoms with van der Waals surface area (Å²) in [4.78, 5) is 5.48. The smallest absolute Gasteiger partial charge is 0.0736 e. The van der Waals surface area contributed by atoms with Gasteiger partial charge in [-0.25, -0.2) is 4.98 Å². The summed E-state index contributed by atoms with van der Waals surface area (Å²) >= 11 is 0. The van der Waals surface area contributed by atoms with Crippen molar-refractivity contribution in [2.45, 2.75) is 0 Å². The standard InChI is InChI=1S/C49H31N3/c1-2-18-34(19-3-1)51-46-27-11-9-23-42(46)48-47(51)29-28-41-40-22-8-10-26-45(40)52(49(41)48)35-30-43(38-24-12-16-32-14-4-6-20-36(32)38)50-44(31-35)39-25-13-17-33-15-5-7-21-37(33)39/h1-31H. The van der Waals surface area contributed by atoms with Crippen LogP contribution in [0.4, 0.5) is 0 Å². The van der Waals surface area contributed by atoms with Crippen LogP contribution in [0.25, 0.3) is 99.0 Å². The molecule has 8 aromatic carbocycles. The van der Waals surface area contributed by atoms with Gasteiger partial charge in [-0.2, -0.15) is 0 Å². The monoisotopic (exact) mass is 661 g/mol. The number of benzene rings is 8. The molecular weight excluding hydrogens is 631 g/mol. The molecule has 0 atom stereocenters. The molecule has 3 aromatic heterocycles. The molecule has 242 valence electrons. The number of pyridine rings is 1. The van der Waals surface area contributed by atoms with Gasteiger partial charge >= 0.3 is 0 Å². The van der Waals surface area contributed by atoms with E-state index in [1.807, 2.05) is 0 Å². The molecule has 3 heterocycles. The quantitative estimate of drug-likeness (QED) is 0.184. The lowest BCUT2D eigenvalue weighted by molar-refractivity contribution is 1.16. The Bertz CT molecular complexity index is 3070. The van der Waals surface area contributed by atoms with Gasteiger partial charge in [0.2, 0.25) is 0 Å². The summed E-state index contributed by atoms with van der Waals surface area (Å²) in [5.74, 6) is 0. The highest BCUT2D eigenvalue weighted by atomic mass is 15.0. The number of hydrogen-bond acceptors (Lipinski definition) is 1. The fraction of sp³-hybridized carbons (Fsp3) is 0. The second-order valence-electron chi connectivity index (χ2n) is 13.5. The van der Waals surface area contributed by atoms with Crippen molar-refractivity contribution in [3.05, 3.63) is 188 Å². The highest BCUT2D eigenvalue weighted by Crippen LogP contribution is 2.43. The Labute approximate surface area is 300 Å². The summed E-state index contributed by atoms with van der Waals surface area (Å²) in [6.45, 7) is 0. The molecule has 3 heteroatoms. The first-order valence-electron chi connectivity index (χ1n) is 17.8. The SMILES string of the molecule is c1ccc(-n2c3ccccc3c3c2ccc2c4ccccc4n(-c4cc(-c5cccc6ccccc56)nc(-c5cccc6ccccc56)c4)c23)cc1. The minimum Gasteiger partial charge on any atom is -0.309 e. The zero-order valence-electron chi connectivity index (χ0n) is 28.2. The van der Waals surface area contributed by atoms with Crippen molar-refractivity contribution in [2.24, 2.45) is 0 Å². The van der Waals surface area contributed by atoms with Gasteiger partial charge in [0.25, 0.3) is 0 Å². The first kappa shape index (κ1) is 28.8. The summed E-state index contributed by atoms with van der Waals surface area (Å²) in [7, 11) is 0.